The number of likely N-dealkylation sites (N-methyl/N-ethyl adjacent to an activating group) is 1. The largest absolute Gasteiger partial charge is 0.493 e. The maximum absolute atomic E-state index is 10.8. The van der Waals surface area contributed by atoms with Gasteiger partial charge in [-0.1, -0.05) is 36.4 Å². The third-order valence-corrected chi connectivity index (χ3v) is 4.24. The van der Waals surface area contributed by atoms with Crippen molar-refractivity contribution in [3.8, 4) is 5.75 Å². The fourth-order valence-electron chi connectivity index (χ4n) is 2.97. The van der Waals surface area contributed by atoms with Crippen LogP contribution in [0.15, 0.2) is 48.5 Å². The average molecular weight is 338 g/mol. The first-order chi connectivity index (χ1) is 12.1. The highest BCUT2D eigenvalue weighted by Crippen LogP contribution is 2.26. The van der Waals surface area contributed by atoms with Crippen molar-refractivity contribution in [1.29, 1.82) is 0 Å². The Morgan fingerprint density at radius 1 is 1.28 bits per heavy atom. The van der Waals surface area contributed by atoms with E-state index >= 15 is 0 Å². The van der Waals surface area contributed by atoms with Crippen molar-refractivity contribution in [2.24, 2.45) is 0 Å². The number of rotatable bonds is 6. The average Bonchev–Trinajstić information content (AvgIpc) is 2.62. The minimum Gasteiger partial charge on any atom is -0.493 e. The molecule has 3 rings (SSSR count). The second kappa shape index (κ2) is 7.94. The molecule has 1 aliphatic rings. The summed E-state index contributed by atoms with van der Waals surface area (Å²) in [6, 6.07) is 13.1. The van der Waals surface area contributed by atoms with E-state index in [2.05, 4.69) is 30.1 Å². The van der Waals surface area contributed by atoms with Gasteiger partial charge in [-0.3, -0.25) is 15.0 Å². The van der Waals surface area contributed by atoms with Crippen LogP contribution in [-0.4, -0.2) is 30.0 Å². The first kappa shape index (κ1) is 17.2. The fourth-order valence-corrected chi connectivity index (χ4v) is 2.97. The summed E-state index contributed by atoms with van der Waals surface area (Å²) in [5.74, 6) is 1.02. The number of non-ortho nitro benzene ring substituents is 1. The highest BCUT2D eigenvalue weighted by atomic mass is 16.6. The standard InChI is InChI=1S/C20H22N2O3/c1-21(11-3-6-16-5-2-8-19(13-16)22(23)24)15-17-9-10-18-7-4-12-25-20(18)14-17/h2-3,5-6,8-10,13-14H,4,7,11-12,15H2,1H3/b6-3+. The summed E-state index contributed by atoms with van der Waals surface area (Å²) in [5, 5.41) is 10.8. The number of nitrogens with zero attached hydrogens (tertiary/aromatic N) is 2. The third kappa shape index (κ3) is 4.67. The molecule has 0 aromatic heterocycles. The summed E-state index contributed by atoms with van der Waals surface area (Å²) in [6.45, 7) is 2.40. The molecule has 0 saturated heterocycles. The fraction of sp³-hybridized carbons (Fsp3) is 0.300. The molecule has 1 aliphatic heterocycles. The van der Waals surface area contributed by atoms with E-state index in [0.29, 0.717) is 0 Å². The molecule has 0 aliphatic carbocycles. The van der Waals surface area contributed by atoms with E-state index in [1.54, 1.807) is 12.1 Å². The Kier molecular flexibility index (Phi) is 5.46. The molecule has 0 saturated carbocycles. The molecular weight excluding hydrogens is 316 g/mol. The predicted octanol–water partition coefficient (Wildman–Crippen LogP) is 4.07. The maximum Gasteiger partial charge on any atom is 0.270 e. The Hall–Kier alpha value is -2.66. The molecule has 0 unspecified atom stereocenters. The number of fused-ring (bicyclic) bond motifs is 1. The molecule has 5 heteroatoms. The molecule has 2 aromatic rings. The molecule has 0 radical (unpaired) electrons. The zero-order chi connectivity index (χ0) is 17.6. The van der Waals surface area contributed by atoms with E-state index < -0.39 is 0 Å². The number of hydrogen-bond donors (Lipinski definition) is 0. The van der Waals surface area contributed by atoms with Crippen LogP contribution in [0.25, 0.3) is 6.08 Å². The van der Waals surface area contributed by atoms with Crippen LogP contribution in [-0.2, 0) is 13.0 Å². The predicted molar refractivity (Wildman–Crippen MR) is 98.7 cm³/mol. The Morgan fingerprint density at radius 2 is 2.16 bits per heavy atom. The Morgan fingerprint density at radius 3 is 3.00 bits per heavy atom. The van der Waals surface area contributed by atoms with Crippen molar-refractivity contribution in [3.63, 3.8) is 0 Å². The van der Waals surface area contributed by atoms with E-state index in [-0.39, 0.29) is 10.6 Å². The highest BCUT2D eigenvalue weighted by molar-refractivity contribution is 5.53. The van der Waals surface area contributed by atoms with Gasteiger partial charge in [-0.15, -0.1) is 0 Å². The van der Waals surface area contributed by atoms with Crippen molar-refractivity contribution in [2.75, 3.05) is 20.2 Å². The Labute approximate surface area is 147 Å². The summed E-state index contributed by atoms with van der Waals surface area (Å²) in [6.07, 6.45) is 6.12. The molecule has 0 bridgehead atoms. The smallest absolute Gasteiger partial charge is 0.270 e. The summed E-state index contributed by atoms with van der Waals surface area (Å²) >= 11 is 0. The second-order valence-corrected chi connectivity index (χ2v) is 6.35. The van der Waals surface area contributed by atoms with Gasteiger partial charge in [0.05, 0.1) is 11.5 Å². The van der Waals surface area contributed by atoms with Crippen molar-refractivity contribution in [3.05, 3.63) is 75.3 Å². The van der Waals surface area contributed by atoms with E-state index in [4.69, 9.17) is 4.74 Å². The number of nitro groups is 1. The molecule has 0 atom stereocenters. The van der Waals surface area contributed by atoms with Crippen LogP contribution in [0, 0.1) is 10.1 Å². The van der Waals surface area contributed by atoms with Gasteiger partial charge >= 0.3 is 0 Å². The lowest BCUT2D eigenvalue weighted by molar-refractivity contribution is -0.384. The molecule has 0 N–H and O–H groups in total. The van der Waals surface area contributed by atoms with Gasteiger partial charge in [0, 0.05) is 25.2 Å². The zero-order valence-corrected chi connectivity index (χ0v) is 14.4. The second-order valence-electron chi connectivity index (χ2n) is 6.35. The number of ether oxygens (including phenoxy) is 1. The van der Waals surface area contributed by atoms with Gasteiger partial charge in [-0.05, 0) is 42.6 Å². The van der Waals surface area contributed by atoms with Crippen LogP contribution in [0.3, 0.4) is 0 Å². The normalized spacial score (nSPS) is 13.7. The van der Waals surface area contributed by atoms with Crippen LogP contribution >= 0.6 is 0 Å². The van der Waals surface area contributed by atoms with Crippen LogP contribution in [0.2, 0.25) is 0 Å². The van der Waals surface area contributed by atoms with Crippen LogP contribution in [0.1, 0.15) is 23.1 Å². The van der Waals surface area contributed by atoms with E-state index in [9.17, 15) is 10.1 Å². The van der Waals surface area contributed by atoms with Crippen LogP contribution < -0.4 is 4.74 Å². The lowest BCUT2D eigenvalue weighted by Crippen LogP contribution is -2.18. The zero-order valence-electron chi connectivity index (χ0n) is 14.4. The number of hydrogen-bond acceptors (Lipinski definition) is 4. The van der Waals surface area contributed by atoms with Gasteiger partial charge in [0.15, 0.2) is 0 Å². The molecule has 25 heavy (non-hydrogen) atoms. The topological polar surface area (TPSA) is 55.6 Å². The molecule has 1 heterocycles. The van der Waals surface area contributed by atoms with Crippen molar-refractivity contribution in [2.45, 2.75) is 19.4 Å². The summed E-state index contributed by atoms with van der Waals surface area (Å²) in [5.41, 5.74) is 3.48. The number of aryl methyl sites for hydroxylation is 1. The first-order valence-electron chi connectivity index (χ1n) is 8.46. The first-order valence-corrected chi connectivity index (χ1v) is 8.46. The lowest BCUT2D eigenvalue weighted by atomic mass is 10.0. The van der Waals surface area contributed by atoms with Gasteiger partial charge in [0.25, 0.3) is 5.69 Å². The molecule has 0 fully saturated rings. The molecule has 130 valence electrons. The quantitative estimate of drug-likeness (QED) is 0.588. The van der Waals surface area contributed by atoms with Crippen LogP contribution in [0.5, 0.6) is 5.75 Å². The summed E-state index contributed by atoms with van der Waals surface area (Å²) in [7, 11) is 2.05. The lowest BCUT2D eigenvalue weighted by Gasteiger charge is -2.20. The molecular formula is C20H22N2O3. The van der Waals surface area contributed by atoms with E-state index in [1.165, 1.54) is 17.2 Å². The Bertz CT molecular complexity index is 786. The third-order valence-electron chi connectivity index (χ3n) is 4.24. The molecule has 5 nitrogen and oxygen atoms in total. The van der Waals surface area contributed by atoms with E-state index in [1.807, 2.05) is 18.2 Å². The summed E-state index contributed by atoms with van der Waals surface area (Å²) in [4.78, 5) is 12.6. The van der Waals surface area contributed by atoms with Crippen molar-refractivity contribution in [1.82, 2.24) is 4.90 Å². The van der Waals surface area contributed by atoms with Gasteiger partial charge in [-0.2, -0.15) is 0 Å². The van der Waals surface area contributed by atoms with Gasteiger partial charge < -0.3 is 4.74 Å². The van der Waals surface area contributed by atoms with Crippen LogP contribution in [0.4, 0.5) is 5.69 Å². The molecule has 0 spiro atoms. The van der Waals surface area contributed by atoms with Gasteiger partial charge in [0.2, 0.25) is 0 Å². The Balaban J connectivity index is 1.56. The number of nitro benzene ring substituents is 1. The van der Waals surface area contributed by atoms with Gasteiger partial charge in [-0.25, -0.2) is 0 Å². The number of benzene rings is 2. The van der Waals surface area contributed by atoms with Crippen molar-refractivity contribution >= 4 is 11.8 Å². The van der Waals surface area contributed by atoms with Gasteiger partial charge in [0.1, 0.15) is 5.75 Å². The van der Waals surface area contributed by atoms with E-state index in [0.717, 1.165) is 43.9 Å². The monoisotopic (exact) mass is 338 g/mol. The van der Waals surface area contributed by atoms with Crippen molar-refractivity contribution < 1.29 is 9.66 Å². The summed E-state index contributed by atoms with van der Waals surface area (Å²) < 4.78 is 5.73. The molecule has 0 amide bonds. The minimum absolute atomic E-state index is 0.115. The highest BCUT2D eigenvalue weighted by Gasteiger charge is 2.11. The molecule has 2 aromatic carbocycles. The minimum atomic E-state index is -0.373. The maximum atomic E-state index is 10.8. The SMILES string of the molecule is CN(C/C=C/c1cccc([N+](=O)[O-])c1)Cc1ccc2c(c1)OCCC2.